The molecule has 0 atom stereocenters. The Morgan fingerprint density at radius 2 is 1.61 bits per heavy atom. The number of carbonyl (C=O) groups excluding carboxylic acids is 1. The number of halogens is 3. The van der Waals surface area contributed by atoms with Crippen molar-refractivity contribution in [1.29, 1.82) is 0 Å². The number of sulfonamides is 1. The molecule has 31 heavy (non-hydrogen) atoms. The summed E-state index contributed by atoms with van der Waals surface area (Å²) in [5.74, 6) is -3.32. The van der Waals surface area contributed by atoms with E-state index in [1.165, 1.54) is 22.5 Å². The summed E-state index contributed by atoms with van der Waals surface area (Å²) in [6, 6.07) is 12.6. The summed E-state index contributed by atoms with van der Waals surface area (Å²) >= 11 is 0. The molecular weight excluding hydrogens is 429 g/mol. The molecular formula is C22H17F3N2O3S. The van der Waals surface area contributed by atoms with E-state index in [9.17, 15) is 26.4 Å². The summed E-state index contributed by atoms with van der Waals surface area (Å²) in [5, 5.41) is 2.61. The van der Waals surface area contributed by atoms with E-state index >= 15 is 0 Å². The molecule has 0 saturated heterocycles. The average molecular weight is 446 g/mol. The maximum Gasteiger partial charge on any atom is 0.255 e. The number of nitrogens with zero attached hydrogens (tertiary/aromatic N) is 1. The summed E-state index contributed by atoms with van der Waals surface area (Å²) < 4.78 is 66.7. The van der Waals surface area contributed by atoms with Gasteiger partial charge in [0.2, 0.25) is 10.0 Å². The molecule has 0 aromatic heterocycles. The number of rotatable bonds is 4. The molecule has 0 saturated carbocycles. The van der Waals surface area contributed by atoms with Crippen LogP contribution in [-0.4, -0.2) is 25.2 Å². The topological polar surface area (TPSA) is 66.5 Å². The van der Waals surface area contributed by atoms with Gasteiger partial charge in [0, 0.05) is 24.3 Å². The first-order valence-electron chi connectivity index (χ1n) is 9.38. The smallest absolute Gasteiger partial charge is 0.255 e. The van der Waals surface area contributed by atoms with Crippen molar-refractivity contribution in [2.24, 2.45) is 0 Å². The zero-order valence-electron chi connectivity index (χ0n) is 16.1. The Morgan fingerprint density at radius 1 is 0.871 bits per heavy atom. The molecule has 0 bridgehead atoms. The van der Waals surface area contributed by atoms with Crippen LogP contribution in [-0.2, 0) is 23.0 Å². The first kappa shape index (κ1) is 21.1. The van der Waals surface area contributed by atoms with Crippen LogP contribution in [0.2, 0.25) is 0 Å². The Bertz CT molecular complexity index is 1260. The fraction of sp³-hybridized carbons (Fsp3) is 0.136. The molecule has 9 heteroatoms. The van der Waals surface area contributed by atoms with Gasteiger partial charge in [-0.3, -0.25) is 4.79 Å². The van der Waals surface area contributed by atoms with Crippen molar-refractivity contribution in [3.63, 3.8) is 0 Å². The van der Waals surface area contributed by atoms with Crippen LogP contribution in [0.4, 0.5) is 18.9 Å². The van der Waals surface area contributed by atoms with Crippen LogP contribution < -0.4 is 5.32 Å². The predicted molar refractivity (Wildman–Crippen MR) is 108 cm³/mol. The Morgan fingerprint density at radius 3 is 2.32 bits per heavy atom. The van der Waals surface area contributed by atoms with Gasteiger partial charge in [0.25, 0.3) is 5.91 Å². The second-order valence-corrected chi connectivity index (χ2v) is 9.05. The van der Waals surface area contributed by atoms with Crippen LogP contribution in [0.1, 0.15) is 21.5 Å². The highest BCUT2D eigenvalue weighted by Gasteiger charge is 2.28. The molecule has 1 amide bonds. The van der Waals surface area contributed by atoms with E-state index in [4.69, 9.17) is 0 Å². The average Bonchev–Trinajstić information content (AvgIpc) is 2.75. The minimum absolute atomic E-state index is 0.000133. The van der Waals surface area contributed by atoms with Gasteiger partial charge in [-0.25, -0.2) is 21.6 Å². The Labute approximate surface area is 177 Å². The van der Waals surface area contributed by atoms with Gasteiger partial charge >= 0.3 is 0 Å². The van der Waals surface area contributed by atoms with Crippen LogP contribution in [0.15, 0.2) is 65.6 Å². The molecule has 0 fully saturated rings. The minimum Gasteiger partial charge on any atom is -0.322 e. The zero-order chi connectivity index (χ0) is 22.2. The lowest BCUT2D eigenvalue weighted by atomic mass is 10.0. The zero-order valence-corrected chi connectivity index (χ0v) is 16.9. The Kier molecular flexibility index (Phi) is 5.55. The molecule has 0 unspecified atom stereocenters. The van der Waals surface area contributed by atoms with E-state index in [1.807, 2.05) is 0 Å². The molecule has 3 aromatic rings. The Balaban J connectivity index is 1.54. The third-order valence-electron chi connectivity index (χ3n) is 5.07. The fourth-order valence-corrected chi connectivity index (χ4v) is 4.83. The summed E-state index contributed by atoms with van der Waals surface area (Å²) in [5.41, 5.74) is 2.00. The van der Waals surface area contributed by atoms with E-state index in [1.54, 1.807) is 18.2 Å². The standard InChI is InChI=1S/C22H17F3N2O3S/c23-17-3-6-19(7-4-17)31(29,30)27-10-9-14-1-5-18(11-16(14)13-27)26-22(28)15-2-8-20(24)21(25)12-15/h1-8,11-12H,9-10,13H2,(H,26,28). The molecule has 160 valence electrons. The predicted octanol–water partition coefficient (Wildman–Crippen LogP) is 4.10. The molecule has 4 rings (SSSR count). The van der Waals surface area contributed by atoms with Gasteiger partial charge in [0.1, 0.15) is 5.82 Å². The van der Waals surface area contributed by atoms with E-state index < -0.39 is 33.4 Å². The third-order valence-corrected chi connectivity index (χ3v) is 6.93. The normalized spacial score (nSPS) is 14.2. The van der Waals surface area contributed by atoms with Gasteiger partial charge in [0.05, 0.1) is 4.90 Å². The second-order valence-electron chi connectivity index (χ2n) is 7.11. The quantitative estimate of drug-likeness (QED) is 0.656. The van der Waals surface area contributed by atoms with Gasteiger partial charge in [-0.05, 0) is 72.1 Å². The van der Waals surface area contributed by atoms with Crippen LogP contribution in [0, 0.1) is 17.5 Å². The number of hydrogen-bond donors (Lipinski definition) is 1. The van der Waals surface area contributed by atoms with Gasteiger partial charge in [0.15, 0.2) is 11.6 Å². The molecule has 0 radical (unpaired) electrons. The minimum atomic E-state index is -3.81. The molecule has 3 aromatic carbocycles. The highest BCUT2D eigenvalue weighted by molar-refractivity contribution is 7.89. The lowest BCUT2D eigenvalue weighted by molar-refractivity contribution is 0.102. The largest absolute Gasteiger partial charge is 0.322 e. The maximum atomic E-state index is 13.4. The number of fused-ring (bicyclic) bond motifs is 1. The van der Waals surface area contributed by atoms with Gasteiger partial charge < -0.3 is 5.32 Å². The highest BCUT2D eigenvalue weighted by Crippen LogP contribution is 2.27. The lowest BCUT2D eigenvalue weighted by Gasteiger charge is -2.28. The number of amides is 1. The summed E-state index contributed by atoms with van der Waals surface area (Å²) in [4.78, 5) is 12.3. The van der Waals surface area contributed by atoms with E-state index in [0.29, 0.717) is 17.7 Å². The molecule has 0 aliphatic carbocycles. The SMILES string of the molecule is O=C(Nc1ccc2c(c1)CN(S(=O)(=O)c1ccc(F)cc1)CC2)c1ccc(F)c(F)c1. The van der Waals surface area contributed by atoms with Crippen LogP contribution >= 0.6 is 0 Å². The van der Waals surface area contributed by atoms with E-state index in [-0.39, 0.29) is 23.5 Å². The van der Waals surface area contributed by atoms with Crippen molar-refractivity contribution in [2.45, 2.75) is 17.9 Å². The van der Waals surface area contributed by atoms with Crippen LogP contribution in [0.5, 0.6) is 0 Å². The van der Waals surface area contributed by atoms with Gasteiger partial charge in [-0.1, -0.05) is 6.07 Å². The molecule has 0 spiro atoms. The first-order valence-corrected chi connectivity index (χ1v) is 10.8. The first-order chi connectivity index (χ1) is 14.7. The Hall–Kier alpha value is -3.17. The van der Waals surface area contributed by atoms with Gasteiger partial charge in [-0.15, -0.1) is 0 Å². The number of anilines is 1. The molecule has 1 aliphatic heterocycles. The van der Waals surface area contributed by atoms with Crippen molar-refractivity contribution in [3.8, 4) is 0 Å². The lowest BCUT2D eigenvalue weighted by Crippen LogP contribution is -2.36. The summed E-state index contributed by atoms with van der Waals surface area (Å²) in [6.45, 7) is 0.358. The van der Waals surface area contributed by atoms with Crippen molar-refractivity contribution >= 4 is 21.6 Å². The van der Waals surface area contributed by atoms with Crippen molar-refractivity contribution in [3.05, 3.63) is 94.8 Å². The molecule has 5 nitrogen and oxygen atoms in total. The number of carbonyl (C=O) groups is 1. The maximum absolute atomic E-state index is 13.4. The van der Waals surface area contributed by atoms with Gasteiger partial charge in [-0.2, -0.15) is 4.31 Å². The molecule has 1 aliphatic rings. The number of nitrogens with one attached hydrogen (secondary N) is 1. The molecule has 1 N–H and O–H groups in total. The third kappa shape index (κ3) is 4.33. The van der Waals surface area contributed by atoms with Crippen molar-refractivity contribution < 1.29 is 26.4 Å². The number of benzene rings is 3. The second kappa shape index (κ2) is 8.16. The highest BCUT2D eigenvalue weighted by atomic mass is 32.2. The monoisotopic (exact) mass is 446 g/mol. The van der Waals surface area contributed by atoms with Crippen LogP contribution in [0.25, 0.3) is 0 Å². The molecule has 1 heterocycles. The fourth-order valence-electron chi connectivity index (χ4n) is 3.41. The number of hydrogen-bond acceptors (Lipinski definition) is 3. The van der Waals surface area contributed by atoms with Crippen LogP contribution in [0.3, 0.4) is 0 Å². The summed E-state index contributed by atoms with van der Waals surface area (Å²) in [7, 11) is -3.81. The van der Waals surface area contributed by atoms with E-state index in [2.05, 4.69) is 5.32 Å². The van der Waals surface area contributed by atoms with Crippen molar-refractivity contribution in [2.75, 3.05) is 11.9 Å². The summed E-state index contributed by atoms with van der Waals surface area (Å²) in [6.07, 6.45) is 0.479. The van der Waals surface area contributed by atoms with E-state index in [0.717, 1.165) is 29.8 Å². The van der Waals surface area contributed by atoms with Crippen molar-refractivity contribution in [1.82, 2.24) is 4.31 Å².